The van der Waals surface area contributed by atoms with E-state index in [4.69, 9.17) is 0 Å². The smallest absolute Gasteiger partial charge is 0.433 e. The number of methoxy groups -OCH3 is 1. The molecular formula is C14H12F3NO2. The Morgan fingerprint density at radius 2 is 1.95 bits per heavy atom. The Balaban J connectivity index is 2.73. The number of carbonyl (C=O) groups excluding carboxylic acids is 1. The second kappa shape index (κ2) is 5.11. The van der Waals surface area contributed by atoms with Crippen molar-refractivity contribution in [2.45, 2.75) is 19.5 Å². The number of benzene rings is 1. The highest BCUT2D eigenvalue weighted by Gasteiger charge is 2.37. The van der Waals surface area contributed by atoms with Crippen molar-refractivity contribution in [2.24, 2.45) is 0 Å². The van der Waals surface area contributed by atoms with Crippen molar-refractivity contribution in [1.82, 2.24) is 4.98 Å². The van der Waals surface area contributed by atoms with E-state index in [1.54, 1.807) is 25.1 Å². The number of esters is 1. The highest BCUT2D eigenvalue weighted by atomic mass is 19.4. The SMILES string of the molecule is COC(=O)Cc1c(C(F)(F)F)nc2ccccc2c1C. The third-order valence-electron chi connectivity index (χ3n) is 3.10. The number of pyridine rings is 1. The largest absolute Gasteiger partial charge is 0.469 e. The summed E-state index contributed by atoms with van der Waals surface area (Å²) in [6.45, 7) is 1.55. The molecule has 106 valence electrons. The Labute approximate surface area is 113 Å². The van der Waals surface area contributed by atoms with Gasteiger partial charge in [0.25, 0.3) is 0 Å². The number of hydrogen-bond acceptors (Lipinski definition) is 3. The van der Waals surface area contributed by atoms with E-state index in [0.717, 1.165) is 7.11 Å². The van der Waals surface area contributed by atoms with Gasteiger partial charge in [0.15, 0.2) is 0 Å². The molecule has 0 saturated heterocycles. The molecule has 0 unspecified atom stereocenters. The van der Waals surface area contributed by atoms with Crippen molar-refractivity contribution in [3.8, 4) is 0 Å². The normalized spacial score (nSPS) is 11.7. The maximum absolute atomic E-state index is 13.1. The molecule has 0 N–H and O–H groups in total. The maximum atomic E-state index is 13.1. The number of halogens is 3. The Hall–Kier alpha value is -2.11. The van der Waals surface area contributed by atoms with Gasteiger partial charge in [-0.05, 0) is 24.1 Å². The number of aromatic nitrogens is 1. The topological polar surface area (TPSA) is 39.2 Å². The van der Waals surface area contributed by atoms with Crippen LogP contribution in [-0.4, -0.2) is 18.1 Å². The van der Waals surface area contributed by atoms with Gasteiger partial charge in [-0.1, -0.05) is 18.2 Å². The van der Waals surface area contributed by atoms with Crippen LogP contribution in [0.25, 0.3) is 10.9 Å². The summed E-state index contributed by atoms with van der Waals surface area (Å²) in [4.78, 5) is 15.0. The fourth-order valence-electron chi connectivity index (χ4n) is 2.08. The quantitative estimate of drug-likeness (QED) is 0.794. The van der Waals surface area contributed by atoms with Gasteiger partial charge in [-0.15, -0.1) is 0 Å². The van der Waals surface area contributed by atoms with E-state index in [2.05, 4.69) is 9.72 Å². The van der Waals surface area contributed by atoms with Gasteiger partial charge >= 0.3 is 12.1 Å². The zero-order chi connectivity index (χ0) is 14.9. The van der Waals surface area contributed by atoms with E-state index in [0.29, 0.717) is 10.9 Å². The molecule has 2 aromatic rings. The Morgan fingerprint density at radius 3 is 2.55 bits per heavy atom. The molecule has 0 amide bonds. The number of para-hydroxylation sites is 1. The van der Waals surface area contributed by atoms with Crippen LogP contribution in [0.15, 0.2) is 24.3 Å². The van der Waals surface area contributed by atoms with Crippen LogP contribution in [0.5, 0.6) is 0 Å². The second-order valence-electron chi connectivity index (χ2n) is 4.33. The van der Waals surface area contributed by atoms with Crippen molar-refractivity contribution in [1.29, 1.82) is 0 Å². The second-order valence-corrected chi connectivity index (χ2v) is 4.33. The molecule has 20 heavy (non-hydrogen) atoms. The van der Waals surface area contributed by atoms with Crippen LogP contribution in [-0.2, 0) is 22.1 Å². The maximum Gasteiger partial charge on any atom is 0.433 e. The van der Waals surface area contributed by atoms with Crippen molar-refractivity contribution < 1.29 is 22.7 Å². The lowest BCUT2D eigenvalue weighted by molar-refractivity contribution is -0.143. The summed E-state index contributed by atoms with van der Waals surface area (Å²) in [5.74, 6) is -0.726. The molecule has 0 aliphatic rings. The van der Waals surface area contributed by atoms with E-state index in [-0.39, 0.29) is 11.1 Å². The van der Waals surface area contributed by atoms with Crippen molar-refractivity contribution >= 4 is 16.9 Å². The Bertz CT molecular complexity index is 665. The van der Waals surface area contributed by atoms with Gasteiger partial charge in [-0.3, -0.25) is 4.79 Å². The van der Waals surface area contributed by atoms with E-state index >= 15 is 0 Å². The van der Waals surface area contributed by atoms with Crippen molar-refractivity contribution in [3.63, 3.8) is 0 Å². The molecule has 0 fully saturated rings. The van der Waals surface area contributed by atoms with Crippen LogP contribution in [0.1, 0.15) is 16.8 Å². The number of nitrogens with zero attached hydrogens (tertiary/aromatic N) is 1. The molecule has 2 rings (SSSR count). The molecule has 0 bridgehead atoms. The van der Waals surface area contributed by atoms with Crippen LogP contribution in [0.4, 0.5) is 13.2 Å². The fourth-order valence-corrected chi connectivity index (χ4v) is 2.08. The van der Waals surface area contributed by atoms with E-state index < -0.39 is 24.3 Å². The lowest BCUT2D eigenvalue weighted by Crippen LogP contribution is -2.17. The minimum Gasteiger partial charge on any atom is -0.469 e. The minimum absolute atomic E-state index is 0.136. The van der Waals surface area contributed by atoms with Gasteiger partial charge in [0, 0.05) is 5.39 Å². The Kier molecular flexibility index (Phi) is 3.65. The summed E-state index contributed by atoms with van der Waals surface area (Å²) in [6, 6.07) is 6.53. The average Bonchev–Trinajstić information content (AvgIpc) is 2.40. The molecule has 0 aliphatic carbocycles. The molecular weight excluding hydrogens is 271 g/mol. The molecule has 1 heterocycles. The van der Waals surface area contributed by atoms with Crippen LogP contribution >= 0.6 is 0 Å². The third-order valence-corrected chi connectivity index (χ3v) is 3.10. The summed E-state index contributed by atoms with van der Waals surface area (Å²) in [5, 5.41) is 0.597. The van der Waals surface area contributed by atoms with Gasteiger partial charge in [0.05, 0.1) is 19.0 Å². The molecule has 0 spiro atoms. The number of ether oxygens (including phenoxy) is 1. The summed E-state index contributed by atoms with van der Waals surface area (Å²) in [7, 11) is 1.14. The first-order valence-electron chi connectivity index (χ1n) is 5.87. The number of alkyl halides is 3. The lowest BCUT2D eigenvalue weighted by atomic mass is 9.99. The number of carbonyl (C=O) groups is 1. The monoisotopic (exact) mass is 283 g/mol. The molecule has 1 aromatic heterocycles. The van der Waals surface area contributed by atoms with Gasteiger partial charge < -0.3 is 4.74 Å². The van der Waals surface area contributed by atoms with Gasteiger partial charge in [0.2, 0.25) is 0 Å². The van der Waals surface area contributed by atoms with Crippen LogP contribution < -0.4 is 0 Å². The molecule has 0 saturated carbocycles. The summed E-state index contributed by atoms with van der Waals surface area (Å²) < 4.78 is 43.7. The van der Waals surface area contributed by atoms with Crippen molar-refractivity contribution in [2.75, 3.05) is 7.11 Å². The molecule has 6 heteroatoms. The third kappa shape index (κ3) is 2.59. The minimum atomic E-state index is -4.61. The summed E-state index contributed by atoms with van der Waals surface area (Å²) in [6.07, 6.45) is -5.06. The standard InChI is InChI=1S/C14H12F3NO2/c1-8-9-5-3-4-6-11(9)18-13(14(15,16)17)10(8)7-12(19)20-2/h3-6H,7H2,1-2H3. The zero-order valence-electron chi connectivity index (χ0n) is 10.9. The zero-order valence-corrected chi connectivity index (χ0v) is 10.9. The molecule has 0 radical (unpaired) electrons. The average molecular weight is 283 g/mol. The van der Waals surface area contributed by atoms with Crippen LogP contribution in [0.2, 0.25) is 0 Å². The van der Waals surface area contributed by atoms with Gasteiger partial charge in [-0.2, -0.15) is 13.2 Å². The highest BCUT2D eigenvalue weighted by Crippen LogP contribution is 2.35. The first kappa shape index (κ1) is 14.3. The van der Waals surface area contributed by atoms with Crippen molar-refractivity contribution in [3.05, 3.63) is 41.1 Å². The first-order chi connectivity index (χ1) is 9.34. The highest BCUT2D eigenvalue weighted by molar-refractivity contribution is 5.85. The first-order valence-corrected chi connectivity index (χ1v) is 5.87. The van der Waals surface area contributed by atoms with Crippen LogP contribution in [0, 0.1) is 6.92 Å². The predicted molar refractivity (Wildman–Crippen MR) is 67.2 cm³/mol. The fraction of sp³-hybridized carbons (Fsp3) is 0.286. The molecule has 3 nitrogen and oxygen atoms in total. The summed E-state index contributed by atoms with van der Waals surface area (Å²) >= 11 is 0. The summed E-state index contributed by atoms with van der Waals surface area (Å²) in [5.41, 5.74) is -0.513. The van der Waals surface area contributed by atoms with Gasteiger partial charge in [-0.25, -0.2) is 4.98 Å². The van der Waals surface area contributed by atoms with E-state index in [9.17, 15) is 18.0 Å². The number of rotatable bonds is 2. The van der Waals surface area contributed by atoms with E-state index in [1.807, 2.05) is 0 Å². The Morgan fingerprint density at radius 1 is 1.30 bits per heavy atom. The number of aryl methyl sites for hydroxylation is 1. The molecule has 0 aliphatic heterocycles. The predicted octanol–water partition coefficient (Wildman–Crippen LogP) is 3.28. The van der Waals surface area contributed by atoms with Gasteiger partial charge in [0.1, 0.15) is 5.69 Å². The molecule has 0 atom stereocenters. The number of hydrogen-bond donors (Lipinski definition) is 0. The number of fused-ring (bicyclic) bond motifs is 1. The van der Waals surface area contributed by atoms with E-state index in [1.165, 1.54) is 6.07 Å². The lowest BCUT2D eigenvalue weighted by Gasteiger charge is -2.16. The molecule has 1 aromatic carbocycles. The van der Waals surface area contributed by atoms with Crippen LogP contribution in [0.3, 0.4) is 0 Å².